The lowest BCUT2D eigenvalue weighted by Gasteiger charge is -2.19. The van der Waals surface area contributed by atoms with Gasteiger partial charge < -0.3 is 15.0 Å². The minimum Gasteiger partial charge on any atom is -0.378 e. The van der Waals surface area contributed by atoms with Crippen molar-refractivity contribution in [2.24, 2.45) is 0 Å². The average molecular weight is 264 g/mol. The lowest BCUT2D eigenvalue weighted by molar-refractivity contribution is -0.125. The van der Waals surface area contributed by atoms with Crippen LogP contribution in [0.5, 0.6) is 0 Å². The average Bonchev–Trinajstić information content (AvgIpc) is 2.28. The molecule has 0 aromatic heterocycles. The molecule has 0 fully saturated rings. The van der Waals surface area contributed by atoms with Crippen LogP contribution in [0.1, 0.15) is 26.3 Å². The predicted molar refractivity (Wildman–Crippen MR) is 79.8 cm³/mol. The summed E-state index contributed by atoms with van der Waals surface area (Å²) in [6.45, 7) is 7.83. The molecule has 0 unspecified atom stereocenters. The molecule has 0 radical (unpaired) electrons. The highest BCUT2D eigenvalue weighted by Gasteiger charge is 2.13. The Bertz CT molecular complexity index is 448. The van der Waals surface area contributed by atoms with Crippen LogP contribution in [0.3, 0.4) is 0 Å². The number of aryl methyl sites for hydroxylation is 1. The first-order valence-corrected chi connectivity index (χ1v) is 6.41. The summed E-state index contributed by atoms with van der Waals surface area (Å²) in [4.78, 5) is 13.8. The smallest absolute Gasteiger partial charge is 0.250 e. The number of nitrogens with zero attached hydrogens (tertiary/aromatic N) is 1. The van der Waals surface area contributed by atoms with Crippen LogP contribution in [0.4, 0.5) is 11.4 Å². The van der Waals surface area contributed by atoms with Gasteiger partial charge in [-0.1, -0.05) is 0 Å². The van der Waals surface area contributed by atoms with Gasteiger partial charge in [0.25, 0.3) is 0 Å². The van der Waals surface area contributed by atoms with Crippen molar-refractivity contribution in [3.05, 3.63) is 23.8 Å². The first-order valence-electron chi connectivity index (χ1n) is 6.41. The Labute approximate surface area is 115 Å². The van der Waals surface area contributed by atoms with Crippen molar-refractivity contribution in [1.29, 1.82) is 0 Å². The largest absolute Gasteiger partial charge is 0.378 e. The van der Waals surface area contributed by atoms with E-state index in [9.17, 15) is 4.79 Å². The molecule has 0 saturated carbocycles. The zero-order chi connectivity index (χ0) is 14.6. The third-order valence-corrected chi connectivity index (χ3v) is 2.64. The fraction of sp³-hybridized carbons (Fsp3) is 0.533. The number of nitrogens with one attached hydrogen (secondary N) is 1. The Kier molecular flexibility index (Phi) is 4.95. The summed E-state index contributed by atoms with van der Waals surface area (Å²) >= 11 is 0. The number of hydrogen-bond acceptors (Lipinski definition) is 3. The van der Waals surface area contributed by atoms with E-state index in [1.165, 1.54) is 0 Å². The van der Waals surface area contributed by atoms with E-state index in [2.05, 4.69) is 5.32 Å². The van der Waals surface area contributed by atoms with Gasteiger partial charge in [-0.3, -0.25) is 4.79 Å². The van der Waals surface area contributed by atoms with Crippen molar-refractivity contribution < 1.29 is 9.53 Å². The van der Waals surface area contributed by atoms with E-state index in [0.717, 1.165) is 16.9 Å². The van der Waals surface area contributed by atoms with E-state index in [1.54, 1.807) is 0 Å². The molecular weight excluding hydrogens is 240 g/mol. The summed E-state index contributed by atoms with van der Waals surface area (Å²) in [7, 11) is 3.98. The number of rotatable bonds is 4. The molecule has 0 saturated heterocycles. The van der Waals surface area contributed by atoms with Crippen molar-refractivity contribution in [3.63, 3.8) is 0 Å². The Balaban J connectivity index is 2.65. The van der Waals surface area contributed by atoms with Crippen molar-refractivity contribution >= 4 is 17.3 Å². The van der Waals surface area contributed by atoms with Crippen LogP contribution in [0, 0.1) is 6.92 Å². The predicted octanol–water partition coefficient (Wildman–Crippen LogP) is 2.81. The molecule has 1 aromatic rings. The lowest BCUT2D eigenvalue weighted by Crippen LogP contribution is -2.27. The third kappa shape index (κ3) is 5.30. The number of benzene rings is 1. The molecule has 1 aromatic carbocycles. The zero-order valence-corrected chi connectivity index (χ0v) is 12.7. The Morgan fingerprint density at radius 3 is 2.42 bits per heavy atom. The number of carbonyl (C=O) groups is 1. The van der Waals surface area contributed by atoms with Gasteiger partial charge in [0.15, 0.2) is 0 Å². The molecule has 0 aliphatic rings. The molecule has 19 heavy (non-hydrogen) atoms. The van der Waals surface area contributed by atoms with Gasteiger partial charge in [-0.2, -0.15) is 0 Å². The highest BCUT2D eigenvalue weighted by molar-refractivity contribution is 5.92. The van der Waals surface area contributed by atoms with E-state index in [4.69, 9.17) is 4.74 Å². The van der Waals surface area contributed by atoms with Gasteiger partial charge in [0.1, 0.15) is 6.61 Å². The van der Waals surface area contributed by atoms with E-state index in [0.29, 0.717) is 0 Å². The Morgan fingerprint density at radius 2 is 1.95 bits per heavy atom. The molecule has 0 aliphatic carbocycles. The summed E-state index contributed by atoms with van der Waals surface area (Å²) in [5, 5.41) is 2.87. The highest BCUT2D eigenvalue weighted by Crippen LogP contribution is 2.21. The second-order valence-corrected chi connectivity index (χ2v) is 5.84. The van der Waals surface area contributed by atoms with Crippen LogP contribution in [-0.2, 0) is 9.53 Å². The zero-order valence-electron chi connectivity index (χ0n) is 12.7. The first-order chi connectivity index (χ1) is 8.69. The first kappa shape index (κ1) is 15.5. The molecule has 0 spiro atoms. The van der Waals surface area contributed by atoms with E-state index < -0.39 is 0 Å². The summed E-state index contributed by atoms with van der Waals surface area (Å²) in [5.41, 5.74) is 2.67. The molecule has 106 valence electrons. The van der Waals surface area contributed by atoms with Gasteiger partial charge in [-0.05, 0) is 51.5 Å². The maximum Gasteiger partial charge on any atom is 0.250 e. The van der Waals surface area contributed by atoms with E-state index in [1.807, 2.05) is 64.9 Å². The minimum absolute atomic E-state index is 0.0678. The van der Waals surface area contributed by atoms with Gasteiger partial charge in [-0.15, -0.1) is 0 Å². The lowest BCUT2D eigenvalue weighted by atomic mass is 10.1. The second kappa shape index (κ2) is 6.06. The molecule has 4 heteroatoms. The van der Waals surface area contributed by atoms with Gasteiger partial charge in [-0.25, -0.2) is 0 Å². The second-order valence-electron chi connectivity index (χ2n) is 5.84. The quantitative estimate of drug-likeness (QED) is 0.909. The van der Waals surface area contributed by atoms with Crippen molar-refractivity contribution in [3.8, 4) is 0 Å². The minimum atomic E-state index is -0.304. The molecule has 1 rings (SSSR count). The summed E-state index contributed by atoms with van der Waals surface area (Å²) in [6, 6.07) is 5.94. The third-order valence-electron chi connectivity index (χ3n) is 2.64. The molecule has 4 nitrogen and oxygen atoms in total. The Hall–Kier alpha value is -1.55. The van der Waals surface area contributed by atoms with Crippen LogP contribution >= 0.6 is 0 Å². The van der Waals surface area contributed by atoms with Gasteiger partial charge >= 0.3 is 0 Å². The molecule has 0 heterocycles. The fourth-order valence-electron chi connectivity index (χ4n) is 1.53. The molecule has 1 amide bonds. The fourth-order valence-corrected chi connectivity index (χ4v) is 1.53. The molecule has 0 aliphatic heterocycles. The van der Waals surface area contributed by atoms with Crippen LogP contribution in [0.25, 0.3) is 0 Å². The van der Waals surface area contributed by atoms with E-state index >= 15 is 0 Å². The van der Waals surface area contributed by atoms with Crippen LogP contribution < -0.4 is 10.2 Å². The number of anilines is 2. The van der Waals surface area contributed by atoms with Gasteiger partial charge in [0.2, 0.25) is 5.91 Å². The molecule has 0 bridgehead atoms. The van der Waals surface area contributed by atoms with Crippen LogP contribution in [0.2, 0.25) is 0 Å². The standard InChI is InChI=1S/C15H24N2O2/c1-11-9-12(17(5)6)7-8-13(11)16-14(18)10-19-15(2,3)4/h7-9H,10H2,1-6H3,(H,16,18). The molecule has 0 atom stereocenters. The topological polar surface area (TPSA) is 41.6 Å². The van der Waals surface area contributed by atoms with E-state index in [-0.39, 0.29) is 18.1 Å². The summed E-state index contributed by atoms with van der Waals surface area (Å²) in [6.07, 6.45) is 0. The summed E-state index contributed by atoms with van der Waals surface area (Å²) < 4.78 is 5.44. The maximum absolute atomic E-state index is 11.8. The normalized spacial score (nSPS) is 11.3. The van der Waals surface area contributed by atoms with Gasteiger partial charge in [0, 0.05) is 25.5 Å². The molecular formula is C15H24N2O2. The maximum atomic E-state index is 11.8. The van der Waals surface area contributed by atoms with Crippen molar-refractivity contribution in [2.75, 3.05) is 30.9 Å². The highest BCUT2D eigenvalue weighted by atomic mass is 16.5. The Morgan fingerprint density at radius 1 is 1.32 bits per heavy atom. The van der Waals surface area contributed by atoms with Gasteiger partial charge in [0.05, 0.1) is 5.60 Å². The summed E-state index contributed by atoms with van der Waals surface area (Å²) in [5.74, 6) is -0.129. The number of carbonyl (C=O) groups excluding carboxylic acids is 1. The van der Waals surface area contributed by atoms with Crippen LogP contribution in [-0.4, -0.2) is 32.2 Å². The van der Waals surface area contributed by atoms with Crippen LogP contribution in [0.15, 0.2) is 18.2 Å². The molecule has 1 N–H and O–H groups in total. The van der Waals surface area contributed by atoms with Crippen molar-refractivity contribution in [1.82, 2.24) is 0 Å². The number of ether oxygens (including phenoxy) is 1. The van der Waals surface area contributed by atoms with Crippen molar-refractivity contribution in [2.45, 2.75) is 33.3 Å². The SMILES string of the molecule is Cc1cc(N(C)C)ccc1NC(=O)COC(C)(C)C. The monoisotopic (exact) mass is 264 g/mol. The number of hydrogen-bond donors (Lipinski definition) is 1. The number of amides is 1.